The van der Waals surface area contributed by atoms with Crippen molar-refractivity contribution in [2.45, 2.75) is 26.2 Å². The van der Waals surface area contributed by atoms with Crippen molar-refractivity contribution >= 4 is 11.0 Å². The summed E-state index contributed by atoms with van der Waals surface area (Å²) in [5, 5.41) is 10.1. The van der Waals surface area contributed by atoms with E-state index in [1.807, 2.05) is 31.2 Å². The minimum Gasteiger partial charge on any atom is -0.459 e. The van der Waals surface area contributed by atoms with Gasteiger partial charge in [0.05, 0.1) is 6.07 Å². The van der Waals surface area contributed by atoms with Gasteiger partial charge in [0.2, 0.25) is 0 Å². The van der Waals surface area contributed by atoms with Gasteiger partial charge in [-0.3, -0.25) is 0 Å². The summed E-state index contributed by atoms with van der Waals surface area (Å²) in [5.74, 6) is 0.647. The number of hydrogen-bond acceptors (Lipinski definition) is 2. The lowest BCUT2D eigenvalue weighted by Crippen LogP contribution is -1.91. The zero-order valence-corrected chi connectivity index (χ0v) is 8.95. The molecule has 2 aromatic rings. The largest absolute Gasteiger partial charge is 0.459 e. The number of hydrogen-bond donors (Lipinski definition) is 0. The van der Waals surface area contributed by atoms with Crippen LogP contribution in [-0.2, 0) is 6.42 Å². The Labute approximate surface area is 89.1 Å². The maximum absolute atomic E-state index is 8.92. The van der Waals surface area contributed by atoms with E-state index in [-0.39, 0.29) is 5.92 Å². The third-order valence-corrected chi connectivity index (χ3v) is 2.67. The van der Waals surface area contributed by atoms with Crippen molar-refractivity contribution in [2.75, 3.05) is 0 Å². The molecule has 0 spiro atoms. The average Bonchev–Trinajstić information content (AvgIpc) is 2.66. The summed E-state index contributed by atoms with van der Waals surface area (Å²) in [6.07, 6.45) is 0.901. The number of aryl methyl sites for hydroxylation is 1. The predicted molar refractivity (Wildman–Crippen MR) is 59.6 cm³/mol. The maximum atomic E-state index is 8.92. The lowest BCUT2D eigenvalue weighted by molar-refractivity contribution is 0.534. The molecule has 0 N–H and O–H groups in total. The Bertz CT molecular complexity index is 519. The van der Waals surface area contributed by atoms with Gasteiger partial charge in [-0.05, 0) is 19.4 Å². The number of nitriles is 1. The molecule has 2 heteroatoms. The molecule has 0 fully saturated rings. The van der Waals surface area contributed by atoms with E-state index in [0.717, 1.165) is 23.2 Å². The van der Waals surface area contributed by atoms with Crippen LogP contribution in [-0.4, -0.2) is 0 Å². The Hall–Kier alpha value is -1.75. The van der Waals surface area contributed by atoms with Gasteiger partial charge in [-0.2, -0.15) is 5.26 Å². The molecule has 0 radical (unpaired) electrons. The molecule has 1 aromatic heterocycles. The van der Waals surface area contributed by atoms with Crippen molar-refractivity contribution in [1.29, 1.82) is 5.26 Å². The standard InChI is InChI=1S/C13H13NO/c1-3-10-11-6-4-5-7-12(11)15-13(10)9(2)8-14/h4-7,9H,3H2,1-2H3. The van der Waals surface area contributed by atoms with E-state index in [4.69, 9.17) is 9.68 Å². The number of rotatable bonds is 2. The minimum absolute atomic E-state index is 0.174. The summed E-state index contributed by atoms with van der Waals surface area (Å²) < 4.78 is 5.72. The first-order chi connectivity index (χ1) is 7.27. The molecule has 0 bridgehead atoms. The second-order valence-electron chi connectivity index (χ2n) is 3.65. The number of furan rings is 1. The highest BCUT2D eigenvalue weighted by Crippen LogP contribution is 2.30. The fourth-order valence-corrected chi connectivity index (χ4v) is 1.89. The van der Waals surface area contributed by atoms with Crippen molar-refractivity contribution in [3.63, 3.8) is 0 Å². The predicted octanol–water partition coefficient (Wildman–Crippen LogP) is 3.62. The number of nitrogens with zero attached hydrogens (tertiary/aromatic N) is 1. The molecular formula is C13H13NO. The molecule has 0 amide bonds. The van der Waals surface area contributed by atoms with Gasteiger partial charge >= 0.3 is 0 Å². The lowest BCUT2D eigenvalue weighted by Gasteiger charge is -2.00. The van der Waals surface area contributed by atoms with E-state index >= 15 is 0 Å². The van der Waals surface area contributed by atoms with Gasteiger partial charge in [0, 0.05) is 10.9 Å². The topological polar surface area (TPSA) is 36.9 Å². The van der Waals surface area contributed by atoms with Crippen LogP contribution in [0.3, 0.4) is 0 Å². The van der Waals surface area contributed by atoms with Crippen LogP contribution in [0, 0.1) is 11.3 Å². The first-order valence-electron chi connectivity index (χ1n) is 5.17. The zero-order chi connectivity index (χ0) is 10.8. The molecule has 2 rings (SSSR count). The summed E-state index contributed by atoms with van der Waals surface area (Å²) >= 11 is 0. The highest BCUT2D eigenvalue weighted by Gasteiger charge is 2.17. The van der Waals surface area contributed by atoms with E-state index < -0.39 is 0 Å². The first kappa shape index (κ1) is 9.79. The van der Waals surface area contributed by atoms with E-state index in [9.17, 15) is 0 Å². The van der Waals surface area contributed by atoms with E-state index in [0.29, 0.717) is 0 Å². The van der Waals surface area contributed by atoms with Crippen LogP contribution in [0.4, 0.5) is 0 Å². The normalized spacial score (nSPS) is 12.6. The van der Waals surface area contributed by atoms with Crippen LogP contribution >= 0.6 is 0 Å². The highest BCUT2D eigenvalue weighted by molar-refractivity contribution is 5.82. The van der Waals surface area contributed by atoms with Gasteiger partial charge in [0.15, 0.2) is 0 Å². The van der Waals surface area contributed by atoms with Crippen LogP contribution in [0.2, 0.25) is 0 Å². The number of fused-ring (bicyclic) bond motifs is 1. The molecule has 0 aliphatic rings. The molecule has 0 saturated heterocycles. The van der Waals surface area contributed by atoms with Crippen molar-refractivity contribution in [2.24, 2.45) is 0 Å². The highest BCUT2D eigenvalue weighted by atomic mass is 16.3. The third-order valence-electron chi connectivity index (χ3n) is 2.67. The summed E-state index contributed by atoms with van der Waals surface area (Å²) in [6.45, 7) is 3.96. The summed E-state index contributed by atoms with van der Waals surface area (Å²) in [5.41, 5.74) is 2.05. The Morgan fingerprint density at radius 1 is 1.40 bits per heavy atom. The molecule has 15 heavy (non-hydrogen) atoms. The molecule has 1 heterocycles. The second-order valence-corrected chi connectivity index (χ2v) is 3.65. The van der Waals surface area contributed by atoms with Crippen LogP contribution in [0.5, 0.6) is 0 Å². The van der Waals surface area contributed by atoms with Crippen molar-refractivity contribution in [3.8, 4) is 6.07 Å². The van der Waals surface area contributed by atoms with E-state index in [2.05, 4.69) is 13.0 Å². The quantitative estimate of drug-likeness (QED) is 0.740. The molecule has 0 saturated carbocycles. The lowest BCUT2D eigenvalue weighted by atomic mass is 10.0. The number of benzene rings is 1. The summed E-state index contributed by atoms with van der Waals surface area (Å²) in [6, 6.07) is 10.2. The fraction of sp³-hybridized carbons (Fsp3) is 0.308. The first-order valence-corrected chi connectivity index (χ1v) is 5.17. The Kier molecular flexibility index (Phi) is 2.47. The molecule has 0 aliphatic carbocycles. The fourth-order valence-electron chi connectivity index (χ4n) is 1.89. The van der Waals surface area contributed by atoms with Crippen molar-refractivity contribution in [3.05, 3.63) is 35.6 Å². The van der Waals surface area contributed by atoms with E-state index in [1.54, 1.807) is 0 Å². The third kappa shape index (κ3) is 1.50. The van der Waals surface area contributed by atoms with Gasteiger partial charge in [0.25, 0.3) is 0 Å². The summed E-state index contributed by atoms with van der Waals surface area (Å²) in [7, 11) is 0. The Morgan fingerprint density at radius 3 is 2.80 bits per heavy atom. The minimum atomic E-state index is -0.174. The van der Waals surface area contributed by atoms with Crippen molar-refractivity contribution in [1.82, 2.24) is 0 Å². The monoisotopic (exact) mass is 199 g/mol. The smallest absolute Gasteiger partial charge is 0.134 e. The van der Waals surface area contributed by atoms with Crippen molar-refractivity contribution < 1.29 is 4.42 Å². The van der Waals surface area contributed by atoms with Gasteiger partial charge in [-0.15, -0.1) is 0 Å². The second kappa shape index (κ2) is 3.78. The molecule has 0 aliphatic heterocycles. The van der Waals surface area contributed by atoms with Crippen LogP contribution < -0.4 is 0 Å². The van der Waals surface area contributed by atoms with Crippen LogP contribution in [0.15, 0.2) is 28.7 Å². The Morgan fingerprint density at radius 2 is 2.13 bits per heavy atom. The number of para-hydroxylation sites is 1. The molecule has 1 unspecified atom stereocenters. The Balaban J connectivity index is 2.70. The summed E-state index contributed by atoms with van der Waals surface area (Å²) in [4.78, 5) is 0. The molecule has 2 nitrogen and oxygen atoms in total. The molecule has 1 atom stereocenters. The van der Waals surface area contributed by atoms with Crippen LogP contribution in [0.25, 0.3) is 11.0 Å². The SMILES string of the molecule is CCc1c(C(C)C#N)oc2ccccc12. The molecular weight excluding hydrogens is 186 g/mol. The zero-order valence-electron chi connectivity index (χ0n) is 8.95. The van der Waals surface area contributed by atoms with Gasteiger partial charge in [0.1, 0.15) is 17.3 Å². The van der Waals surface area contributed by atoms with Crippen LogP contribution in [0.1, 0.15) is 31.1 Å². The van der Waals surface area contributed by atoms with Gasteiger partial charge in [-0.25, -0.2) is 0 Å². The van der Waals surface area contributed by atoms with Gasteiger partial charge < -0.3 is 4.42 Å². The molecule has 1 aromatic carbocycles. The van der Waals surface area contributed by atoms with E-state index in [1.165, 1.54) is 5.56 Å². The maximum Gasteiger partial charge on any atom is 0.134 e. The molecule has 76 valence electrons. The average molecular weight is 199 g/mol. The van der Waals surface area contributed by atoms with Gasteiger partial charge in [-0.1, -0.05) is 25.1 Å².